The van der Waals surface area contributed by atoms with Crippen LogP contribution < -0.4 is 10.6 Å². The lowest BCUT2D eigenvalue weighted by Gasteiger charge is -2.13. The van der Waals surface area contributed by atoms with Crippen molar-refractivity contribution < 1.29 is 26.3 Å². The quantitative estimate of drug-likeness (QED) is 0.408. The van der Waals surface area contributed by atoms with Gasteiger partial charge in [-0.1, -0.05) is 12.1 Å². The smallest absolute Gasteiger partial charge is 0.339 e. The highest BCUT2D eigenvalue weighted by Crippen LogP contribution is 2.33. The molecule has 2 aromatic carbocycles. The molecular weight excluding hydrogens is 466 g/mol. The molecule has 11 heteroatoms. The number of benzene rings is 2. The number of rotatable bonds is 4. The molecule has 0 fully saturated rings. The second-order valence-corrected chi connectivity index (χ2v) is 6.65. The Balaban J connectivity index is 1.84. The summed E-state index contributed by atoms with van der Waals surface area (Å²) in [5, 5.41) is 5.37. The van der Waals surface area contributed by atoms with Crippen molar-refractivity contribution >= 4 is 39.1 Å². The van der Waals surface area contributed by atoms with Crippen LogP contribution in [0.5, 0.6) is 0 Å². The van der Waals surface area contributed by atoms with Crippen LogP contribution in [0.2, 0.25) is 0 Å². The normalized spacial score (nSPS) is 12.0. The number of hydrogen-bond acceptors (Lipinski definition) is 4. The maximum atomic E-state index is 12.9. The van der Waals surface area contributed by atoms with E-state index in [0.29, 0.717) is 4.47 Å². The van der Waals surface area contributed by atoms with Gasteiger partial charge in [0.1, 0.15) is 5.82 Å². The van der Waals surface area contributed by atoms with Crippen LogP contribution in [0.1, 0.15) is 11.1 Å². The summed E-state index contributed by atoms with van der Waals surface area (Å²) in [6.07, 6.45) is -7.69. The molecule has 0 aliphatic carbocycles. The third-order valence-corrected chi connectivity index (χ3v) is 4.22. The minimum Gasteiger partial charge on any atom is -0.339 e. The van der Waals surface area contributed by atoms with Gasteiger partial charge in [0, 0.05) is 17.6 Å². The van der Waals surface area contributed by atoms with Gasteiger partial charge in [0.05, 0.1) is 15.6 Å². The van der Waals surface area contributed by atoms with Gasteiger partial charge >= 0.3 is 12.4 Å². The van der Waals surface area contributed by atoms with Crippen molar-refractivity contribution in [3.8, 4) is 0 Å². The first-order valence-corrected chi connectivity index (χ1v) is 8.73. The monoisotopic (exact) mass is 476 g/mol. The van der Waals surface area contributed by atoms with Gasteiger partial charge in [-0.2, -0.15) is 31.3 Å². The zero-order valence-corrected chi connectivity index (χ0v) is 15.8. The van der Waals surface area contributed by atoms with Gasteiger partial charge in [-0.3, -0.25) is 0 Å². The lowest BCUT2D eigenvalue weighted by atomic mass is 10.2. The molecule has 0 atom stereocenters. The molecule has 4 nitrogen and oxygen atoms in total. The molecule has 0 amide bonds. The first-order chi connectivity index (χ1) is 13.5. The zero-order chi connectivity index (χ0) is 21.2. The van der Waals surface area contributed by atoms with Gasteiger partial charge < -0.3 is 10.6 Å². The van der Waals surface area contributed by atoms with Crippen LogP contribution in [0.25, 0.3) is 0 Å². The number of hydrogen-bond donors (Lipinski definition) is 2. The van der Waals surface area contributed by atoms with Crippen molar-refractivity contribution in [3.63, 3.8) is 0 Å². The Kier molecular flexibility index (Phi) is 5.69. The van der Waals surface area contributed by atoms with E-state index in [1.54, 1.807) is 0 Å². The van der Waals surface area contributed by atoms with Gasteiger partial charge in [-0.15, -0.1) is 0 Å². The fourth-order valence-corrected chi connectivity index (χ4v) is 2.62. The summed E-state index contributed by atoms with van der Waals surface area (Å²) < 4.78 is 77.4. The Bertz CT molecular complexity index is 1020. The molecule has 3 rings (SSSR count). The number of nitrogens with zero attached hydrogens (tertiary/aromatic N) is 2. The average Bonchev–Trinajstić information content (AvgIpc) is 2.64. The maximum Gasteiger partial charge on any atom is 0.416 e. The third kappa shape index (κ3) is 5.37. The van der Waals surface area contributed by atoms with E-state index in [9.17, 15) is 26.3 Å². The largest absolute Gasteiger partial charge is 0.416 e. The minimum atomic E-state index is -4.51. The van der Waals surface area contributed by atoms with Gasteiger partial charge in [0.2, 0.25) is 5.95 Å². The van der Waals surface area contributed by atoms with E-state index in [4.69, 9.17) is 0 Å². The first-order valence-electron chi connectivity index (χ1n) is 7.93. The Morgan fingerprint density at radius 3 is 1.79 bits per heavy atom. The molecule has 1 aromatic heterocycles. The van der Waals surface area contributed by atoms with Crippen LogP contribution >= 0.6 is 15.9 Å². The fraction of sp³-hybridized carbons (Fsp3) is 0.111. The molecule has 0 aliphatic rings. The molecule has 0 spiro atoms. The minimum absolute atomic E-state index is 0.0398. The molecule has 2 N–H and O–H groups in total. The molecule has 0 unspecified atom stereocenters. The Morgan fingerprint density at radius 1 is 0.759 bits per heavy atom. The van der Waals surface area contributed by atoms with Crippen LogP contribution in [0.3, 0.4) is 0 Å². The zero-order valence-electron chi connectivity index (χ0n) is 14.2. The van der Waals surface area contributed by atoms with Gasteiger partial charge in [-0.25, -0.2) is 4.98 Å². The summed E-state index contributed by atoms with van der Waals surface area (Å²) in [4.78, 5) is 8.06. The van der Waals surface area contributed by atoms with Crippen molar-refractivity contribution in [3.05, 3.63) is 70.3 Å². The predicted molar refractivity (Wildman–Crippen MR) is 99.2 cm³/mol. The molecule has 29 heavy (non-hydrogen) atoms. The Morgan fingerprint density at radius 2 is 1.28 bits per heavy atom. The number of halogens is 7. The highest BCUT2D eigenvalue weighted by atomic mass is 79.9. The summed E-state index contributed by atoms with van der Waals surface area (Å²) in [5.74, 6) is 0.0933. The van der Waals surface area contributed by atoms with E-state index < -0.39 is 23.5 Å². The van der Waals surface area contributed by atoms with Crippen LogP contribution in [0, 0.1) is 0 Å². The number of alkyl halides is 6. The van der Waals surface area contributed by atoms with Crippen molar-refractivity contribution in [2.75, 3.05) is 10.6 Å². The summed E-state index contributed by atoms with van der Waals surface area (Å²) in [6, 6.07) is 8.95. The fourth-order valence-electron chi connectivity index (χ4n) is 2.33. The van der Waals surface area contributed by atoms with E-state index >= 15 is 0 Å². The van der Waals surface area contributed by atoms with Crippen LogP contribution in [-0.4, -0.2) is 9.97 Å². The second kappa shape index (κ2) is 7.90. The number of anilines is 4. The highest BCUT2D eigenvalue weighted by molar-refractivity contribution is 9.10. The molecule has 0 radical (unpaired) electrons. The average molecular weight is 477 g/mol. The molecule has 0 aliphatic heterocycles. The standard InChI is InChI=1S/C18H11BrF6N4/c19-14-9-26-16(28-13-6-2-4-11(8-13)18(23,24)25)29-15(14)27-12-5-1-3-10(7-12)17(20,21)22/h1-9H,(H2,26,27,28,29). The third-order valence-electron chi connectivity index (χ3n) is 3.64. The molecular formula is C18H11BrF6N4. The summed E-state index contributed by atoms with van der Waals surface area (Å²) >= 11 is 3.18. The molecule has 0 bridgehead atoms. The van der Waals surface area contributed by atoms with Crippen molar-refractivity contribution in [2.45, 2.75) is 12.4 Å². The lowest BCUT2D eigenvalue weighted by Crippen LogP contribution is -2.07. The topological polar surface area (TPSA) is 49.8 Å². The summed E-state index contributed by atoms with van der Waals surface area (Å²) in [7, 11) is 0. The van der Waals surface area contributed by atoms with Crippen LogP contribution in [0.15, 0.2) is 59.2 Å². The molecule has 152 valence electrons. The molecule has 0 saturated carbocycles. The first kappa shape index (κ1) is 20.9. The SMILES string of the molecule is FC(F)(F)c1cccc(Nc2ncc(Br)c(Nc3cccc(C(F)(F)F)c3)n2)c1. The summed E-state index contributed by atoms with van der Waals surface area (Å²) in [5.41, 5.74) is -1.45. The van der Waals surface area contributed by atoms with E-state index in [1.165, 1.54) is 30.5 Å². The molecule has 3 aromatic rings. The highest BCUT2D eigenvalue weighted by Gasteiger charge is 2.31. The van der Waals surface area contributed by atoms with E-state index in [-0.39, 0.29) is 23.1 Å². The Labute approximate surface area is 169 Å². The predicted octanol–water partition coefficient (Wildman–Crippen LogP) is 6.76. The van der Waals surface area contributed by atoms with E-state index in [1.807, 2.05) is 0 Å². The number of nitrogens with one attached hydrogen (secondary N) is 2. The lowest BCUT2D eigenvalue weighted by molar-refractivity contribution is -0.138. The Hall–Kier alpha value is -2.82. The number of aromatic nitrogens is 2. The van der Waals surface area contributed by atoms with Crippen molar-refractivity contribution in [1.82, 2.24) is 9.97 Å². The van der Waals surface area contributed by atoms with Crippen LogP contribution in [0.4, 0.5) is 49.5 Å². The van der Waals surface area contributed by atoms with Gasteiger partial charge in [-0.05, 0) is 52.3 Å². The van der Waals surface area contributed by atoms with E-state index in [0.717, 1.165) is 24.3 Å². The van der Waals surface area contributed by atoms with Crippen LogP contribution in [-0.2, 0) is 12.4 Å². The molecule has 0 saturated heterocycles. The molecule has 1 heterocycles. The second-order valence-electron chi connectivity index (χ2n) is 5.80. The summed E-state index contributed by atoms with van der Waals surface area (Å²) in [6.45, 7) is 0. The van der Waals surface area contributed by atoms with Gasteiger partial charge in [0.25, 0.3) is 0 Å². The van der Waals surface area contributed by atoms with Crippen molar-refractivity contribution in [2.24, 2.45) is 0 Å². The van der Waals surface area contributed by atoms with E-state index in [2.05, 4.69) is 36.5 Å². The van der Waals surface area contributed by atoms with Crippen molar-refractivity contribution in [1.29, 1.82) is 0 Å². The van der Waals surface area contributed by atoms with Gasteiger partial charge in [0.15, 0.2) is 0 Å². The maximum absolute atomic E-state index is 12.9.